The predicted molar refractivity (Wildman–Crippen MR) is 137 cm³/mol. The first-order chi connectivity index (χ1) is 17.9. The first kappa shape index (κ1) is 25.3. The number of nitrogens with zero attached hydrogens (tertiary/aromatic N) is 4. The van der Waals surface area contributed by atoms with Crippen LogP contribution in [0.3, 0.4) is 0 Å². The van der Waals surface area contributed by atoms with Gasteiger partial charge < -0.3 is 15.4 Å². The minimum Gasteiger partial charge on any atom is -0.456 e. The van der Waals surface area contributed by atoms with Gasteiger partial charge in [-0.05, 0) is 61.0 Å². The van der Waals surface area contributed by atoms with Crippen LogP contribution in [-0.2, 0) is 17.9 Å². The summed E-state index contributed by atoms with van der Waals surface area (Å²) in [6.45, 7) is 3.70. The van der Waals surface area contributed by atoms with Gasteiger partial charge in [0.2, 0.25) is 11.9 Å². The predicted octanol–water partition coefficient (Wildman–Crippen LogP) is 3.89. The summed E-state index contributed by atoms with van der Waals surface area (Å²) in [5.74, 6) is 0.982. The number of pyridine rings is 1. The number of benzene rings is 2. The quantitative estimate of drug-likeness (QED) is 0.355. The van der Waals surface area contributed by atoms with Crippen LogP contribution in [0, 0.1) is 5.82 Å². The van der Waals surface area contributed by atoms with Crippen molar-refractivity contribution in [3.8, 4) is 11.5 Å². The highest BCUT2D eigenvalue weighted by Gasteiger charge is 2.13. The van der Waals surface area contributed by atoms with Crippen molar-refractivity contribution in [2.75, 3.05) is 10.6 Å². The van der Waals surface area contributed by atoms with Crippen molar-refractivity contribution >= 4 is 23.4 Å². The molecule has 2 aromatic heterocycles. The van der Waals surface area contributed by atoms with E-state index in [0.29, 0.717) is 35.0 Å². The van der Waals surface area contributed by atoms with E-state index in [2.05, 4.69) is 20.6 Å². The molecule has 0 aliphatic rings. The van der Waals surface area contributed by atoms with Crippen molar-refractivity contribution < 1.29 is 13.9 Å². The zero-order valence-corrected chi connectivity index (χ0v) is 20.3. The van der Waals surface area contributed by atoms with Gasteiger partial charge in [-0.2, -0.15) is 4.98 Å². The number of nitrogens with one attached hydrogen (secondary N) is 2. The van der Waals surface area contributed by atoms with E-state index in [1.807, 2.05) is 0 Å². The molecule has 190 valence electrons. The lowest BCUT2D eigenvalue weighted by atomic mass is 10.2. The van der Waals surface area contributed by atoms with Crippen molar-refractivity contribution in [2.45, 2.75) is 33.4 Å². The number of ether oxygens (including phenoxy) is 1. The Hall–Kier alpha value is -4.80. The number of amides is 1. The van der Waals surface area contributed by atoms with Crippen molar-refractivity contribution in [1.29, 1.82) is 0 Å². The number of hydrogen-bond donors (Lipinski definition) is 2. The molecule has 10 nitrogen and oxygen atoms in total. The molecule has 4 rings (SSSR count). The maximum Gasteiger partial charge on any atom is 0.354 e. The minimum absolute atomic E-state index is 0.0617. The zero-order chi connectivity index (χ0) is 26.4. The molecule has 2 heterocycles. The van der Waals surface area contributed by atoms with E-state index in [1.165, 1.54) is 22.9 Å². The molecule has 0 aliphatic heterocycles. The number of rotatable bonds is 9. The summed E-state index contributed by atoms with van der Waals surface area (Å²) in [5, 5.41) is 5.68. The molecule has 0 saturated carbocycles. The van der Waals surface area contributed by atoms with E-state index >= 15 is 0 Å². The fraction of sp³-hybridized carbons (Fsp3) is 0.192. The SMILES string of the molecule is CCC(=O)Nc1ccc(Oc2ccc(Nc3nc(=O)n(CC)c(=O)n3Cc3ccc(F)cc3)cc2)cn1. The Bertz CT molecular complexity index is 1500. The Labute approximate surface area is 211 Å². The second-order valence-electron chi connectivity index (χ2n) is 7.99. The average Bonchev–Trinajstić information content (AvgIpc) is 2.90. The number of halogens is 1. The molecule has 0 aliphatic carbocycles. The lowest BCUT2D eigenvalue weighted by molar-refractivity contribution is -0.115. The Morgan fingerprint density at radius 3 is 2.27 bits per heavy atom. The van der Waals surface area contributed by atoms with Crippen LogP contribution in [0.25, 0.3) is 0 Å². The number of carbonyl (C=O) groups is 1. The van der Waals surface area contributed by atoms with Gasteiger partial charge in [0.15, 0.2) is 0 Å². The van der Waals surface area contributed by atoms with Crippen LogP contribution in [0.4, 0.5) is 21.8 Å². The summed E-state index contributed by atoms with van der Waals surface area (Å²) in [7, 11) is 0. The summed E-state index contributed by atoms with van der Waals surface area (Å²) in [6, 6.07) is 15.9. The second kappa shape index (κ2) is 11.3. The number of aromatic nitrogens is 4. The minimum atomic E-state index is -0.670. The lowest BCUT2D eigenvalue weighted by Gasteiger charge is -2.15. The third-order valence-electron chi connectivity index (χ3n) is 5.39. The van der Waals surface area contributed by atoms with Crippen LogP contribution in [0.5, 0.6) is 11.5 Å². The van der Waals surface area contributed by atoms with E-state index in [4.69, 9.17) is 4.74 Å². The molecule has 0 bridgehead atoms. The molecule has 4 aromatic rings. The van der Waals surface area contributed by atoms with Gasteiger partial charge in [-0.1, -0.05) is 19.1 Å². The summed E-state index contributed by atoms with van der Waals surface area (Å²) in [5.41, 5.74) is 0.0422. The normalized spacial score (nSPS) is 10.7. The summed E-state index contributed by atoms with van der Waals surface area (Å²) in [4.78, 5) is 45.1. The molecule has 2 aromatic carbocycles. The third kappa shape index (κ3) is 6.26. The fourth-order valence-corrected chi connectivity index (χ4v) is 3.43. The Morgan fingerprint density at radius 2 is 1.65 bits per heavy atom. The maximum absolute atomic E-state index is 13.3. The van der Waals surface area contributed by atoms with E-state index in [-0.39, 0.29) is 30.8 Å². The van der Waals surface area contributed by atoms with E-state index in [1.54, 1.807) is 62.4 Å². The van der Waals surface area contributed by atoms with Crippen LogP contribution in [-0.4, -0.2) is 25.0 Å². The van der Waals surface area contributed by atoms with Gasteiger partial charge in [-0.25, -0.2) is 23.5 Å². The van der Waals surface area contributed by atoms with E-state index in [9.17, 15) is 18.8 Å². The number of carbonyl (C=O) groups excluding carboxylic acids is 1. The molecule has 37 heavy (non-hydrogen) atoms. The number of hydrogen-bond acceptors (Lipinski definition) is 7. The largest absolute Gasteiger partial charge is 0.456 e. The molecule has 0 spiro atoms. The van der Waals surface area contributed by atoms with E-state index < -0.39 is 11.4 Å². The summed E-state index contributed by atoms with van der Waals surface area (Å²) < 4.78 is 21.5. The van der Waals surface area contributed by atoms with E-state index in [0.717, 1.165) is 4.57 Å². The van der Waals surface area contributed by atoms with Gasteiger partial charge in [0, 0.05) is 18.7 Å². The second-order valence-corrected chi connectivity index (χ2v) is 7.99. The molecule has 0 unspecified atom stereocenters. The monoisotopic (exact) mass is 504 g/mol. The third-order valence-corrected chi connectivity index (χ3v) is 5.39. The first-order valence-corrected chi connectivity index (χ1v) is 11.6. The molecule has 1 amide bonds. The van der Waals surface area contributed by atoms with Crippen molar-refractivity contribution in [2.24, 2.45) is 0 Å². The highest BCUT2D eigenvalue weighted by Crippen LogP contribution is 2.24. The molecule has 0 radical (unpaired) electrons. The summed E-state index contributed by atoms with van der Waals surface area (Å²) in [6.07, 6.45) is 1.86. The molecular formula is C26H25FN6O4. The molecular weight excluding hydrogens is 479 g/mol. The number of anilines is 3. The molecule has 2 N–H and O–H groups in total. The standard InChI is InChI=1S/C26H25FN6O4/c1-3-23(34)30-22-14-13-21(15-28-22)37-20-11-9-19(10-12-20)29-24-31-25(35)32(4-2)26(36)33(24)16-17-5-7-18(27)8-6-17/h5-15H,3-4,16H2,1-2H3,(H,28,30,34)(H,29,31,35). The van der Waals surface area contributed by atoms with Gasteiger partial charge in [0.1, 0.15) is 23.1 Å². The van der Waals surface area contributed by atoms with Gasteiger partial charge >= 0.3 is 11.4 Å². The molecule has 11 heteroatoms. The fourth-order valence-electron chi connectivity index (χ4n) is 3.43. The zero-order valence-electron chi connectivity index (χ0n) is 20.3. The van der Waals surface area contributed by atoms with Crippen LogP contribution >= 0.6 is 0 Å². The van der Waals surface area contributed by atoms with Gasteiger partial charge in [-0.15, -0.1) is 0 Å². The Morgan fingerprint density at radius 1 is 0.946 bits per heavy atom. The maximum atomic E-state index is 13.3. The molecule has 0 fully saturated rings. The van der Waals surface area contributed by atoms with Gasteiger partial charge in [-0.3, -0.25) is 9.36 Å². The molecule has 0 atom stereocenters. The highest BCUT2D eigenvalue weighted by atomic mass is 19.1. The van der Waals surface area contributed by atoms with Crippen molar-refractivity contribution in [3.63, 3.8) is 0 Å². The topological polar surface area (TPSA) is 120 Å². The summed E-state index contributed by atoms with van der Waals surface area (Å²) >= 11 is 0. The van der Waals surface area contributed by atoms with Gasteiger partial charge in [0.05, 0.1) is 12.7 Å². The first-order valence-electron chi connectivity index (χ1n) is 11.6. The smallest absolute Gasteiger partial charge is 0.354 e. The lowest BCUT2D eigenvalue weighted by Crippen LogP contribution is -2.42. The van der Waals surface area contributed by atoms with Gasteiger partial charge in [0.25, 0.3) is 0 Å². The van der Waals surface area contributed by atoms with Crippen LogP contribution < -0.4 is 26.7 Å². The van der Waals surface area contributed by atoms with Crippen molar-refractivity contribution in [3.05, 3.63) is 99.2 Å². The molecule has 0 saturated heterocycles. The van der Waals surface area contributed by atoms with Crippen LogP contribution in [0.15, 0.2) is 76.4 Å². The average molecular weight is 505 g/mol. The Kier molecular flexibility index (Phi) is 7.72. The van der Waals surface area contributed by atoms with Crippen molar-refractivity contribution in [1.82, 2.24) is 19.1 Å². The Balaban J connectivity index is 1.52. The van der Waals surface area contributed by atoms with Crippen LogP contribution in [0.2, 0.25) is 0 Å². The highest BCUT2D eigenvalue weighted by molar-refractivity contribution is 5.89. The van der Waals surface area contributed by atoms with Crippen LogP contribution in [0.1, 0.15) is 25.8 Å².